The lowest BCUT2D eigenvalue weighted by Crippen LogP contribution is -2.18. The molecule has 6 aromatic carbocycles. The van der Waals surface area contributed by atoms with Crippen LogP contribution in [0.15, 0.2) is 158 Å². The summed E-state index contributed by atoms with van der Waals surface area (Å²) in [4.78, 5) is 15.0. The summed E-state index contributed by atoms with van der Waals surface area (Å²) in [6, 6.07) is 53.2. The molecular formula is C45H34N4. The summed E-state index contributed by atoms with van der Waals surface area (Å²) in [5.41, 5.74) is 14.0. The van der Waals surface area contributed by atoms with E-state index in [0.29, 0.717) is 17.5 Å². The number of anilines is 1. The van der Waals surface area contributed by atoms with Crippen LogP contribution in [0.2, 0.25) is 0 Å². The van der Waals surface area contributed by atoms with Gasteiger partial charge in [-0.2, -0.15) is 0 Å². The molecule has 1 N–H and O–H groups in total. The Hall–Kier alpha value is -6.13. The zero-order valence-electron chi connectivity index (χ0n) is 27.4. The second-order valence-corrected chi connectivity index (χ2v) is 13.3. The van der Waals surface area contributed by atoms with Crippen LogP contribution in [-0.4, -0.2) is 15.0 Å². The van der Waals surface area contributed by atoms with Gasteiger partial charge in [-0.15, -0.1) is 0 Å². The Kier molecular flexibility index (Phi) is 6.84. The molecule has 1 atom stereocenters. The Morgan fingerprint density at radius 1 is 0.469 bits per heavy atom. The SMILES string of the molecule is CC1(C)c2ccccc2-c2cc3c(cc21)NC(c1ccccc1)C=C3c1cccc(-c2nc(-c3ccccc3)nc(-c3ccccc3)n2)c1. The van der Waals surface area contributed by atoms with Crippen molar-refractivity contribution < 1.29 is 0 Å². The minimum absolute atomic E-state index is 0.0174. The van der Waals surface area contributed by atoms with Crippen molar-refractivity contribution >= 4 is 11.3 Å². The van der Waals surface area contributed by atoms with Crippen LogP contribution in [-0.2, 0) is 5.41 Å². The number of hydrogen-bond acceptors (Lipinski definition) is 4. The van der Waals surface area contributed by atoms with Gasteiger partial charge in [0.25, 0.3) is 0 Å². The molecule has 0 saturated heterocycles. The highest BCUT2D eigenvalue weighted by Gasteiger charge is 2.37. The third-order valence-electron chi connectivity index (χ3n) is 9.95. The molecule has 0 fully saturated rings. The number of rotatable bonds is 5. The van der Waals surface area contributed by atoms with Gasteiger partial charge in [0.15, 0.2) is 17.5 Å². The molecule has 1 unspecified atom stereocenters. The van der Waals surface area contributed by atoms with Crippen LogP contribution in [0.3, 0.4) is 0 Å². The van der Waals surface area contributed by atoms with Gasteiger partial charge in [0.2, 0.25) is 0 Å². The average Bonchev–Trinajstić information content (AvgIpc) is 3.39. The molecule has 0 saturated carbocycles. The largest absolute Gasteiger partial charge is 0.374 e. The molecule has 9 rings (SSSR count). The van der Waals surface area contributed by atoms with Crippen LogP contribution in [0.1, 0.15) is 47.7 Å². The van der Waals surface area contributed by atoms with Gasteiger partial charge in [-0.05, 0) is 63.2 Å². The second kappa shape index (κ2) is 11.5. The summed E-state index contributed by atoms with van der Waals surface area (Å²) in [6.45, 7) is 4.67. The smallest absolute Gasteiger partial charge is 0.164 e. The number of benzene rings is 6. The van der Waals surface area contributed by atoms with Gasteiger partial charge < -0.3 is 5.32 Å². The van der Waals surface area contributed by atoms with Gasteiger partial charge >= 0.3 is 0 Å². The molecule has 1 aromatic heterocycles. The zero-order chi connectivity index (χ0) is 33.0. The van der Waals surface area contributed by atoms with E-state index in [4.69, 9.17) is 15.0 Å². The first-order valence-corrected chi connectivity index (χ1v) is 16.8. The van der Waals surface area contributed by atoms with E-state index in [2.05, 4.69) is 116 Å². The molecular weight excluding hydrogens is 597 g/mol. The Balaban J connectivity index is 1.21. The Bertz CT molecular complexity index is 2320. The van der Waals surface area contributed by atoms with E-state index in [1.54, 1.807) is 0 Å². The molecule has 7 aromatic rings. The maximum Gasteiger partial charge on any atom is 0.164 e. The first-order valence-electron chi connectivity index (χ1n) is 16.8. The van der Waals surface area contributed by atoms with Crippen molar-refractivity contribution in [3.8, 4) is 45.3 Å². The molecule has 0 spiro atoms. The van der Waals surface area contributed by atoms with Crippen molar-refractivity contribution in [2.24, 2.45) is 0 Å². The Morgan fingerprint density at radius 3 is 1.69 bits per heavy atom. The fourth-order valence-electron chi connectivity index (χ4n) is 7.41. The van der Waals surface area contributed by atoms with E-state index < -0.39 is 0 Å². The quantitative estimate of drug-likeness (QED) is 0.206. The number of hydrogen-bond donors (Lipinski definition) is 1. The molecule has 4 heteroatoms. The molecule has 2 heterocycles. The van der Waals surface area contributed by atoms with Gasteiger partial charge in [-0.3, -0.25) is 0 Å². The monoisotopic (exact) mass is 630 g/mol. The predicted molar refractivity (Wildman–Crippen MR) is 200 cm³/mol. The lowest BCUT2D eigenvalue weighted by molar-refractivity contribution is 0.660. The average molecular weight is 631 g/mol. The summed E-state index contributed by atoms with van der Waals surface area (Å²) in [5, 5.41) is 3.90. The van der Waals surface area contributed by atoms with Crippen LogP contribution in [0.25, 0.3) is 50.9 Å². The van der Waals surface area contributed by atoms with E-state index >= 15 is 0 Å². The van der Waals surface area contributed by atoms with Crippen molar-refractivity contribution in [1.29, 1.82) is 0 Å². The van der Waals surface area contributed by atoms with E-state index in [1.807, 2.05) is 60.7 Å². The Labute approximate surface area is 286 Å². The van der Waals surface area contributed by atoms with Crippen LogP contribution >= 0.6 is 0 Å². The predicted octanol–water partition coefficient (Wildman–Crippen LogP) is 10.8. The van der Waals surface area contributed by atoms with Crippen molar-refractivity contribution in [3.05, 3.63) is 186 Å². The first-order chi connectivity index (χ1) is 24.0. The van der Waals surface area contributed by atoms with Gasteiger partial charge in [0, 0.05) is 33.4 Å². The molecule has 234 valence electrons. The standard InChI is InChI=1S/C45H34N4/c1-45(2)38-24-13-12-23-34(38)36-26-37-35(27-40(29-15-6-3-7-16-29)46-41(37)28-39(36)45)32-21-14-22-33(25-32)44-48-42(30-17-8-4-9-18-30)47-43(49-44)31-19-10-5-11-20-31/h3-28,40,46H,1-2H3. The lowest BCUT2D eigenvalue weighted by Gasteiger charge is -2.30. The zero-order valence-corrected chi connectivity index (χ0v) is 27.4. The first kappa shape index (κ1) is 29.0. The van der Waals surface area contributed by atoms with E-state index in [9.17, 15) is 0 Å². The van der Waals surface area contributed by atoms with E-state index in [1.165, 1.54) is 39.0 Å². The molecule has 4 nitrogen and oxygen atoms in total. The molecule has 1 aliphatic carbocycles. The number of nitrogens with zero attached hydrogens (tertiary/aromatic N) is 3. The second-order valence-electron chi connectivity index (χ2n) is 13.3. The highest BCUT2D eigenvalue weighted by atomic mass is 15.0. The molecule has 1 aliphatic heterocycles. The number of fused-ring (bicyclic) bond motifs is 4. The third kappa shape index (κ3) is 5.04. The van der Waals surface area contributed by atoms with Crippen LogP contribution in [0.5, 0.6) is 0 Å². The fraction of sp³-hybridized carbons (Fsp3) is 0.0889. The van der Waals surface area contributed by atoms with E-state index in [-0.39, 0.29) is 11.5 Å². The molecule has 0 bridgehead atoms. The fourth-order valence-corrected chi connectivity index (χ4v) is 7.41. The van der Waals surface area contributed by atoms with E-state index in [0.717, 1.165) is 27.9 Å². The highest BCUT2D eigenvalue weighted by Crippen LogP contribution is 2.52. The number of aromatic nitrogens is 3. The topological polar surface area (TPSA) is 50.7 Å². The van der Waals surface area contributed by atoms with Crippen molar-refractivity contribution in [1.82, 2.24) is 15.0 Å². The van der Waals surface area contributed by atoms with Gasteiger partial charge in [0.1, 0.15) is 0 Å². The summed E-state index contributed by atoms with van der Waals surface area (Å²) in [7, 11) is 0. The maximum absolute atomic E-state index is 5.03. The normalized spacial score (nSPS) is 15.4. The van der Waals surface area contributed by atoms with Crippen LogP contribution < -0.4 is 5.32 Å². The van der Waals surface area contributed by atoms with Gasteiger partial charge in [-0.1, -0.05) is 147 Å². The Morgan fingerprint density at radius 2 is 1.02 bits per heavy atom. The van der Waals surface area contributed by atoms with Gasteiger partial charge in [-0.25, -0.2) is 15.0 Å². The minimum Gasteiger partial charge on any atom is -0.374 e. The third-order valence-corrected chi connectivity index (χ3v) is 9.95. The molecule has 0 radical (unpaired) electrons. The van der Waals surface area contributed by atoms with Crippen molar-refractivity contribution in [2.45, 2.75) is 25.3 Å². The summed E-state index contributed by atoms with van der Waals surface area (Å²) in [6.07, 6.45) is 2.37. The molecule has 49 heavy (non-hydrogen) atoms. The van der Waals surface area contributed by atoms with Crippen LogP contribution in [0, 0.1) is 0 Å². The minimum atomic E-state index is -0.0856. The summed E-state index contributed by atoms with van der Waals surface area (Å²) >= 11 is 0. The number of nitrogens with one attached hydrogen (secondary N) is 1. The maximum atomic E-state index is 5.03. The highest BCUT2D eigenvalue weighted by molar-refractivity contribution is 5.95. The summed E-state index contributed by atoms with van der Waals surface area (Å²) in [5.74, 6) is 1.96. The van der Waals surface area contributed by atoms with Gasteiger partial charge in [0.05, 0.1) is 6.04 Å². The summed E-state index contributed by atoms with van der Waals surface area (Å²) < 4.78 is 0. The lowest BCUT2D eigenvalue weighted by atomic mass is 9.80. The molecule has 0 amide bonds. The van der Waals surface area contributed by atoms with Crippen molar-refractivity contribution in [3.63, 3.8) is 0 Å². The van der Waals surface area contributed by atoms with Crippen LogP contribution in [0.4, 0.5) is 5.69 Å². The van der Waals surface area contributed by atoms with Crippen molar-refractivity contribution in [2.75, 3.05) is 5.32 Å². The molecule has 2 aliphatic rings.